The van der Waals surface area contributed by atoms with Gasteiger partial charge in [0.15, 0.2) is 0 Å². The highest BCUT2D eigenvalue weighted by atomic mass is 16.5. The minimum atomic E-state index is 0.230. The molecule has 2 unspecified atom stereocenters. The highest BCUT2D eigenvalue weighted by molar-refractivity contribution is 5.20. The van der Waals surface area contributed by atoms with Crippen molar-refractivity contribution in [2.24, 2.45) is 0 Å². The largest absolute Gasteiger partial charge is 0.372 e. The summed E-state index contributed by atoms with van der Waals surface area (Å²) < 4.78 is 5.79. The van der Waals surface area contributed by atoms with E-state index >= 15 is 0 Å². The van der Waals surface area contributed by atoms with E-state index in [1.165, 1.54) is 5.56 Å². The van der Waals surface area contributed by atoms with Crippen LogP contribution in [-0.2, 0) is 4.74 Å². The molecule has 2 atom stereocenters. The van der Waals surface area contributed by atoms with Gasteiger partial charge in [-0.25, -0.2) is 0 Å². The smallest absolute Gasteiger partial charge is 0.0978 e. The fourth-order valence-electron chi connectivity index (χ4n) is 2.16. The van der Waals surface area contributed by atoms with Crippen LogP contribution in [0.15, 0.2) is 30.3 Å². The Morgan fingerprint density at radius 3 is 2.67 bits per heavy atom. The molecule has 0 saturated carbocycles. The van der Waals surface area contributed by atoms with Crippen LogP contribution in [0.4, 0.5) is 0 Å². The van der Waals surface area contributed by atoms with Crippen molar-refractivity contribution in [3.8, 4) is 0 Å². The lowest BCUT2D eigenvalue weighted by Crippen LogP contribution is -2.36. The molecular formula is C13H19NO. The van der Waals surface area contributed by atoms with Crippen LogP contribution in [0.3, 0.4) is 0 Å². The maximum Gasteiger partial charge on any atom is 0.0978 e. The first-order valence-corrected chi connectivity index (χ1v) is 5.70. The highest BCUT2D eigenvalue weighted by Gasteiger charge is 2.29. The molecule has 0 amide bonds. The third-order valence-electron chi connectivity index (χ3n) is 2.77. The first kappa shape index (κ1) is 10.7. The standard InChI is InChI=1S/C13H19NO/c1-10(2)14-12-8-9-15-13(12)11-6-4-3-5-7-11/h3-7,10,12-14H,8-9H2,1-2H3. The Bertz CT molecular complexity index is 297. The fraction of sp³-hybridized carbons (Fsp3) is 0.538. The van der Waals surface area contributed by atoms with Crippen LogP contribution in [0.5, 0.6) is 0 Å². The second-order valence-corrected chi connectivity index (χ2v) is 4.42. The molecule has 0 bridgehead atoms. The number of ether oxygens (including phenoxy) is 1. The quantitative estimate of drug-likeness (QED) is 0.818. The lowest BCUT2D eigenvalue weighted by atomic mass is 10.0. The molecule has 1 saturated heterocycles. The molecule has 0 radical (unpaired) electrons. The van der Waals surface area contributed by atoms with E-state index in [9.17, 15) is 0 Å². The summed E-state index contributed by atoms with van der Waals surface area (Å²) in [6.07, 6.45) is 1.34. The molecule has 0 spiro atoms. The zero-order chi connectivity index (χ0) is 10.7. The Morgan fingerprint density at radius 2 is 2.00 bits per heavy atom. The summed E-state index contributed by atoms with van der Waals surface area (Å²) in [5.41, 5.74) is 1.29. The maximum atomic E-state index is 5.79. The molecule has 1 aromatic rings. The van der Waals surface area contributed by atoms with Gasteiger partial charge in [-0.1, -0.05) is 44.2 Å². The molecule has 1 aliphatic rings. The molecule has 1 aromatic carbocycles. The van der Waals surface area contributed by atoms with Crippen molar-refractivity contribution in [3.63, 3.8) is 0 Å². The summed E-state index contributed by atoms with van der Waals surface area (Å²) in [7, 11) is 0. The molecule has 0 aromatic heterocycles. The average molecular weight is 205 g/mol. The van der Waals surface area contributed by atoms with Gasteiger partial charge in [0.2, 0.25) is 0 Å². The van der Waals surface area contributed by atoms with Gasteiger partial charge in [0, 0.05) is 18.7 Å². The van der Waals surface area contributed by atoms with E-state index in [-0.39, 0.29) is 6.10 Å². The Hall–Kier alpha value is -0.860. The number of benzene rings is 1. The van der Waals surface area contributed by atoms with E-state index in [4.69, 9.17) is 4.74 Å². The molecule has 2 heteroatoms. The van der Waals surface area contributed by atoms with Gasteiger partial charge < -0.3 is 10.1 Å². The molecule has 15 heavy (non-hydrogen) atoms. The summed E-state index contributed by atoms with van der Waals surface area (Å²) in [6.45, 7) is 5.23. The van der Waals surface area contributed by atoms with Crippen LogP contribution in [0.25, 0.3) is 0 Å². The van der Waals surface area contributed by atoms with E-state index in [1.54, 1.807) is 0 Å². The van der Waals surface area contributed by atoms with Crippen molar-refractivity contribution < 1.29 is 4.74 Å². The van der Waals surface area contributed by atoms with Gasteiger partial charge in [-0.3, -0.25) is 0 Å². The van der Waals surface area contributed by atoms with E-state index in [0.29, 0.717) is 12.1 Å². The number of hydrogen-bond donors (Lipinski definition) is 1. The predicted octanol–water partition coefficient (Wildman–Crippen LogP) is 2.51. The summed E-state index contributed by atoms with van der Waals surface area (Å²) in [6, 6.07) is 11.5. The van der Waals surface area contributed by atoms with Gasteiger partial charge in [-0.05, 0) is 12.0 Å². The first-order chi connectivity index (χ1) is 7.27. The van der Waals surface area contributed by atoms with Gasteiger partial charge in [0.25, 0.3) is 0 Å². The minimum absolute atomic E-state index is 0.230. The van der Waals surface area contributed by atoms with Crippen LogP contribution in [0.2, 0.25) is 0 Å². The number of hydrogen-bond acceptors (Lipinski definition) is 2. The van der Waals surface area contributed by atoms with Crippen molar-refractivity contribution >= 4 is 0 Å². The third-order valence-corrected chi connectivity index (χ3v) is 2.77. The minimum Gasteiger partial charge on any atom is -0.372 e. The van der Waals surface area contributed by atoms with Crippen LogP contribution >= 0.6 is 0 Å². The third kappa shape index (κ3) is 2.58. The molecular weight excluding hydrogens is 186 g/mol. The molecule has 82 valence electrons. The predicted molar refractivity (Wildman–Crippen MR) is 61.8 cm³/mol. The van der Waals surface area contributed by atoms with E-state index in [2.05, 4.69) is 43.4 Å². The Labute approximate surface area is 91.6 Å². The zero-order valence-electron chi connectivity index (χ0n) is 9.44. The SMILES string of the molecule is CC(C)NC1CCOC1c1ccccc1. The first-order valence-electron chi connectivity index (χ1n) is 5.70. The van der Waals surface area contributed by atoms with Crippen LogP contribution in [0.1, 0.15) is 31.9 Å². The van der Waals surface area contributed by atoms with Crippen molar-refractivity contribution in [1.82, 2.24) is 5.32 Å². The van der Waals surface area contributed by atoms with Gasteiger partial charge in [-0.2, -0.15) is 0 Å². The van der Waals surface area contributed by atoms with Crippen molar-refractivity contribution in [2.45, 2.75) is 38.5 Å². The van der Waals surface area contributed by atoms with Crippen LogP contribution in [0, 0.1) is 0 Å². The van der Waals surface area contributed by atoms with Crippen molar-refractivity contribution in [1.29, 1.82) is 0 Å². The van der Waals surface area contributed by atoms with E-state index in [1.807, 2.05) is 6.07 Å². The van der Waals surface area contributed by atoms with Gasteiger partial charge in [0.05, 0.1) is 6.10 Å². The fourth-order valence-corrected chi connectivity index (χ4v) is 2.16. The summed E-state index contributed by atoms with van der Waals surface area (Å²) in [5, 5.41) is 3.57. The lowest BCUT2D eigenvalue weighted by Gasteiger charge is -2.22. The topological polar surface area (TPSA) is 21.3 Å². The molecule has 1 N–H and O–H groups in total. The van der Waals surface area contributed by atoms with Crippen LogP contribution in [-0.4, -0.2) is 18.7 Å². The maximum absolute atomic E-state index is 5.79. The van der Waals surface area contributed by atoms with E-state index < -0.39 is 0 Å². The lowest BCUT2D eigenvalue weighted by molar-refractivity contribution is 0.0972. The summed E-state index contributed by atoms with van der Waals surface area (Å²) in [5.74, 6) is 0. The van der Waals surface area contributed by atoms with Gasteiger partial charge in [0.1, 0.15) is 0 Å². The van der Waals surface area contributed by atoms with Gasteiger partial charge in [-0.15, -0.1) is 0 Å². The summed E-state index contributed by atoms with van der Waals surface area (Å²) >= 11 is 0. The normalized spacial score (nSPS) is 26.1. The molecule has 2 rings (SSSR count). The molecule has 2 nitrogen and oxygen atoms in total. The molecule has 1 fully saturated rings. The molecule has 1 aliphatic heterocycles. The summed E-state index contributed by atoms with van der Waals surface area (Å²) in [4.78, 5) is 0. The van der Waals surface area contributed by atoms with Crippen LogP contribution < -0.4 is 5.32 Å². The monoisotopic (exact) mass is 205 g/mol. The number of nitrogens with one attached hydrogen (secondary N) is 1. The Kier molecular flexibility index (Phi) is 3.39. The average Bonchev–Trinajstić information content (AvgIpc) is 2.66. The Balaban J connectivity index is 2.08. The molecule has 1 heterocycles. The van der Waals surface area contributed by atoms with Crippen molar-refractivity contribution in [3.05, 3.63) is 35.9 Å². The highest BCUT2D eigenvalue weighted by Crippen LogP contribution is 2.29. The second-order valence-electron chi connectivity index (χ2n) is 4.42. The van der Waals surface area contributed by atoms with Crippen molar-refractivity contribution in [2.75, 3.05) is 6.61 Å². The van der Waals surface area contributed by atoms with E-state index in [0.717, 1.165) is 13.0 Å². The second kappa shape index (κ2) is 4.77. The number of rotatable bonds is 3. The Morgan fingerprint density at radius 1 is 1.27 bits per heavy atom. The van der Waals surface area contributed by atoms with Gasteiger partial charge >= 0.3 is 0 Å². The zero-order valence-corrected chi connectivity index (χ0v) is 9.44. The molecule has 0 aliphatic carbocycles.